The number of thiazole rings is 1. The normalized spacial score (nSPS) is 17.3. The average Bonchev–Trinajstić information content (AvgIpc) is 2.95. The first-order chi connectivity index (χ1) is 10.7. The molecule has 0 spiro atoms. The zero-order chi connectivity index (χ0) is 15.4. The van der Waals surface area contributed by atoms with Gasteiger partial charge >= 0.3 is 0 Å². The van der Waals surface area contributed by atoms with Gasteiger partial charge in [0, 0.05) is 52.8 Å². The van der Waals surface area contributed by atoms with E-state index in [9.17, 15) is 4.79 Å². The molecule has 0 saturated carbocycles. The van der Waals surface area contributed by atoms with Crippen molar-refractivity contribution in [2.75, 3.05) is 23.4 Å². The molecule has 0 radical (unpaired) electrons. The van der Waals surface area contributed by atoms with Crippen LogP contribution in [0.4, 0.5) is 5.69 Å². The predicted octanol–water partition coefficient (Wildman–Crippen LogP) is 3.57. The van der Waals surface area contributed by atoms with Gasteiger partial charge in [-0.05, 0) is 31.2 Å². The van der Waals surface area contributed by atoms with Crippen LogP contribution >= 0.6 is 35.5 Å². The summed E-state index contributed by atoms with van der Waals surface area (Å²) in [5.41, 5.74) is 2.96. The quantitative estimate of drug-likeness (QED) is 0.865. The zero-order valence-electron chi connectivity index (χ0n) is 12.9. The highest BCUT2D eigenvalue weighted by Crippen LogP contribution is 2.25. The number of thioether (sulfide) groups is 1. The summed E-state index contributed by atoms with van der Waals surface area (Å²) in [4.78, 5) is 16.5. The smallest absolute Gasteiger partial charge is 0.225 e. The van der Waals surface area contributed by atoms with E-state index in [1.54, 1.807) is 11.3 Å². The number of nitrogens with one attached hydrogen (secondary N) is 2. The summed E-state index contributed by atoms with van der Waals surface area (Å²) in [5.74, 6) is 2.21. The molecular formula is C16H20ClN3OS2. The van der Waals surface area contributed by atoms with E-state index in [-0.39, 0.29) is 24.4 Å². The molecule has 0 aliphatic carbocycles. The van der Waals surface area contributed by atoms with Crippen molar-refractivity contribution in [3.05, 3.63) is 35.3 Å². The molecular weight excluding hydrogens is 350 g/mol. The van der Waals surface area contributed by atoms with Crippen LogP contribution in [0.5, 0.6) is 0 Å². The highest BCUT2D eigenvalue weighted by Gasteiger charge is 2.16. The average molecular weight is 370 g/mol. The maximum Gasteiger partial charge on any atom is 0.225 e. The number of aryl methyl sites for hydroxylation is 1. The number of hydrogen-bond donors (Lipinski definition) is 2. The molecule has 1 unspecified atom stereocenters. The third-order valence-corrected chi connectivity index (χ3v) is 5.60. The van der Waals surface area contributed by atoms with E-state index in [0.717, 1.165) is 40.0 Å². The molecule has 1 amide bonds. The van der Waals surface area contributed by atoms with Crippen molar-refractivity contribution in [2.45, 2.75) is 19.4 Å². The molecule has 1 saturated heterocycles. The van der Waals surface area contributed by atoms with Gasteiger partial charge in [0.05, 0.1) is 0 Å². The Morgan fingerprint density at radius 1 is 1.39 bits per heavy atom. The van der Waals surface area contributed by atoms with E-state index in [0.29, 0.717) is 6.42 Å². The maximum absolute atomic E-state index is 12.1. The molecule has 2 heterocycles. The Kier molecular flexibility index (Phi) is 6.89. The Bertz CT molecular complexity index is 639. The summed E-state index contributed by atoms with van der Waals surface area (Å²) in [6.45, 7) is 2.98. The monoisotopic (exact) mass is 369 g/mol. The Labute approximate surface area is 150 Å². The van der Waals surface area contributed by atoms with Gasteiger partial charge < -0.3 is 10.6 Å². The van der Waals surface area contributed by atoms with Crippen LogP contribution < -0.4 is 10.6 Å². The minimum absolute atomic E-state index is 0. The fourth-order valence-electron chi connectivity index (χ4n) is 2.37. The van der Waals surface area contributed by atoms with E-state index < -0.39 is 0 Å². The number of carbonyl (C=O) groups is 1. The lowest BCUT2D eigenvalue weighted by Gasteiger charge is -2.22. The summed E-state index contributed by atoms with van der Waals surface area (Å²) in [6, 6.07) is 8.17. The molecule has 1 aliphatic heterocycles. The van der Waals surface area contributed by atoms with Crippen LogP contribution in [0, 0.1) is 6.92 Å². The molecule has 0 bridgehead atoms. The number of aromatic nitrogens is 1. The largest absolute Gasteiger partial charge is 0.326 e. The molecule has 7 heteroatoms. The first kappa shape index (κ1) is 18.3. The lowest BCUT2D eigenvalue weighted by atomic mass is 10.2. The van der Waals surface area contributed by atoms with Gasteiger partial charge in [0.2, 0.25) is 5.91 Å². The second-order valence-corrected chi connectivity index (χ2v) is 7.36. The Morgan fingerprint density at radius 2 is 2.17 bits per heavy atom. The molecule has 2 N–H and O–H groups in total. The van der Waals surface area contributed by atoms with Gasteiger partial charge in [-0.1, -0.05) is 0 Å². The first-order valence-corrected chi connectivity index (χ1v) is 9.38. The van der Waals surface area contributed by atoms with Gasteiger partial charge in [-0.2, -0.15) is 11.8 Å². The molecule has 3 rings (SSSR count). The minimum Gasteiger partial charge on any atom is -0.326 e. The highest BCUT2D eigenvalue weighted by atomic mass is 35.5. The standard InChI is InChI=1S/C16H19N3OS2.ClH/c1-11-9-22-16(18-11)12-2-4-13(5-3-12)19-15(20)8-14-10-21-7-6-17-14;/h2-5,9,14,17H,6-8,10H2,1H3,(H,19,20);1H. The third-order valence-electron chi connectivity index (χ3n) is 3.46. The molecule has 1 atom stereocenters. The number of anilines is 1. The topological polar surface area (TPSA) is 54.0 Å². The Balaban J connectivity index is 0.00000192. The van der Waals surface area contributed by atoms with Gasteiger partial charge in [-0.15, -0.1) is 23.7 Å². The van der Waals surface area contributed by atoms with Crippen molar-refractivity contribution in [3.8, 4) is 10.6 Å². The summed E-state index contributed by atoms with van der Waals surface area (Å²) >= 11 is 3.54. The van der Waals surface area contributed by atoms with Crippen molar-refractivity contribution in [3.63, 3.8) is 0 Å². The van der Waals surface area contributed by atoms with E-state index in [1.807, 2.05) is 48.3 Å². The van der Waals surface area contributed by atoms with E-state index in [2.05, 4.69) is 15.6 Å². The number of benzene rings is 1. The van der Waals surface area contributed by atoms with Crippen LogP contribution in [0.15, 0.2) is 29.6 Å². The van der Waals surface area contributed by atoms with Crippen LogP contribution in [-0.4, -0.2) is 35.0 Å². The van der Waals surface area contributed by atoms with Gasteiger partial charge in [0.25, 0.3) is 0 Å². The van der Waals surface area contributed by atoms with Crippen LogP contribution in [0.1, 0.15) is 12.1 Å². The first-order valence-electron chi connectivity index (χ1n) is 7.34. The maximum atomic E-state index is 12.1. The van der Waals surface area contributed by atoms with E-state index in [1.165, 1.54) is 0 Å². The van der Waals surface area contributed by atoms with Crippen LogP contribution in [0.3, 0.4) is 0 Å². The van der Waals surface area contributed by atoms with Crippen molar-refractivity contribution in [1.29, 1.82) is 0 Å². The minimum atomic E-state index is 0. The van der Waals surface area contributed by atoms with Crippen molar-refractivity contribution in [1.82, 2.24) is 10.3 Å². The Morgan fingerprint density at radius 3 is 2.78 bits per heavy atom. The van der Waals surface area contributed by atoms with Crippen molar-refractivity contribution in [2.24, 2.45) is 0 Å². The number of halogens is 1. The molecule has 1 fully saturated rings. The molecule has 23 heavy (non-hydrogen) atoms. The summed E-state index contributed by atoms with van der Waals surface area (Å²) in [6.07, 6.45) is 0.528. The van der Waals surface area contributed by atoms with Crippen LogP contribution in [0.2, 0.25) is 0 Å². The predicted molar refractivity (Wildman–Crippen MR) is 102 cm³/mol. The number of amides is 1. The number of nitrogens with zero attached hydrogens (tertiary/aromatic N) is 1. The fourth-order valence-corrected chi connectivity index (χ4v) is 4.12. The molecule has 1 aromatic heterocycles. The van der Waals surface area contributed by atoms with E-state index in [4.69, 9.17) is 0 Å². The highest BCUT2D eigenvalue weighted by molar-refractivity contribution is 7.99. The summed E-state index contributed by atoms with van der Waals surface area (Å²) in [5, 5.41) is 9.40. The number of rotatable bonds is 4. The SMILES string of the molecule is Cc1csc(-c2ccc(NC(=O)CC3CSCCN3)cc2)n1.Cl. The molecule has 4 nitrogen and oxygen atoms in total. The summed E-state index contributed by atoms with van der Waals surface area (Å²) in [7, 11) is 0. The second kappa shape index (κ2) is 8.68. The Hall–Kier alpha value is -1.08. The van der Waals surface area contributed by atoms with E-state index >= 15 is 0 Å². The van der Waals surface area contributed by atoms with Crippen molar-refractivity contribution < 1.29 is 4.79 Å². The second-order valence-electron chi connectivity index (χ2n) is 5.35. The summed E-state index contributed by atoms with van der Waals surface area (Å²) < 4.78 is 0. The fraction of sp³-hybridized carbons (Fsp3) is 0.375. The van der Waals surface area contributed by atoms with Gasteiger partial charge in [-0.25, -0.2) is 4.98 Å². The molecule has 124 valence electrons. The van der Waals surface area contributed by atoms with Gasteiger partial charge in [0.1, 0.15) is 5.01 Å². The molecule has 1 aliphatic rings. The van der Waals surface area contributed by atoms with Crippen LogP contribution in [-0.2, 0) is 4.79 Å². The molecule has 1 aromatic carbocycles. The van der Waals surface area contributed by atoms with Crippen molar-refractivity contribution >= 4 is 47.1 Å². The van der Waals surface area contributed by atoms with Crippen LogP contribution in [0.25, 0.3) is 10.6 Å². The lowest BCUT2D eigenvalue weighted by Crippen LogP contribution is -2.39. The third kappa shape index (κ3) is 5.21. The lowest BCUT2D eigenvalue weighted by molar-refractivity contribution is -0.116. The van der Waals surface area contributed by atoms with Gasteiger partial charge in [-0.3, -0.25) is 4.79 Å². The molecule has 2 aromatic rings. The van der Waals surface area contributed by atoms with Gasteiger partial charge in [0.15, 0.2) is 0 Å². The number of carbonyl (C=O) groups excluding carboxylic acids is 1. The number of hydrogen-bond acceptors (Lipinski definition) is 5. The zero-order valence-corrected chi connectivity index (χ0v) is 15.3.